The Balaban J connectivity index is 1.67. The van der Waals surface area contributed by atoms with Gasteiger partial charge in [0.05, 0.1) is 12.7 Å². The van der Waals surface area contributed by atoms with Gasteiger partial charge in [0.25, 0.3) is 5.91 Å². The van der Waals surface area contributed by atoms with Crippen molar-refractivity contribution in [3.8, 4) is 0 Å². The molecule has 12 heteroatoms. The summed E-state index contributed by atoms with van der Waals surface area (Å²) in [7, 11) is -3.68. The highest BCUT2D eigenvalue weighted by Gasteiger charge is 2.31. The first-order chi connectivity index (χ1) is 12.8. The Bertz CT molecular complexity index is 957. The summed E-state index contributed by atoms with van der Waals surface area (Å²) < 4.78 is 33.1. The number of aromatic nitrogens is 3. The van der Waals surface area contributed by atoms with Crippen LogP contribution in [0.4, 0.5) is 0 Å². The van der Waals surface area contributed by atoms with Gasteiger partial charge in [-0.3, -0.25) is 9.59 Å². The fourth-order valence-electron chi connectivity index (χ4n) is 2.79. The molecule has 2 N–H and O–H groups in total. The summed E-state index contributed by atoms with van der Waals surface area (Å²) >= 11 is 0. The second-order valence-corrected chi connectivity index (χ2v) is 8.03. The van der Waals surface area contributed by atoms with E-state index in [2.05, 4.69) is 15.6 Å². The quantitative estimate of drug-likeness (QED) is 0.662. The van der Waals surface area contributed by atoms with Gasteiger partial charge < -0.3 is 14.8 Å². The topological polar surface area (TPSA) is 148 Å². The first-order valence-electron chi connectivity index (χ1n) is 8.27. The van der Waals surface area contributed by atoms with E-state index in [0.717, 1.165) is 17.5 Å². The lowest BCUT2D eigenvalue weighted by Gasteiger charge is -2.14. The summed E-state index contributed by atoms with van der Waals surface area (Å²) in [5, 5.41) is 18.6. The SMILES string of the molecule is Cc1oc(C(=O)NCc2cn(CC(=O)O)nn2)cc1S(=O)(=O)N1CCCC1. The van der Waals surface area contributed by atoms with Gasteiger partial charge in [0, 0.05) is 19.2 Å². The maximum atomic E-state index is 12.6. The van der Waals surface area contributed by atoms with Crippen molar-refractivity contribution in [2.24, 2.45) is 0 Å². The molecule has 3 rings (SSSR count). The number of carboxylic acid groups (broad SMARTS) is 1. The predicted octanol–water partition coefficient (Wildman–Crippen LogP) is -0.0214. The van der Waals surface area contributed by atoms with Crippen molar-refractivity contribution in [2.45, 2.75) is 37.8 Å². The number of carbonyl (C=O) groups excluding carboxylic acids is 1. The number of hydrogen-bond acceptors (Lipinski definition) is 7. The number of nitrogens with one attached hydrogen (secondary N) is 1. The normalized spacial score (nSPS) is 15.1. The summed E-state index contributed by atoms with van der Waals surface area (Å²) in [4.78, 5) is 22.9. The Morgan fingerprint density at radius 1 is 1.33 bits per heavy atom. The molecule has 1 fully saturated rings. The molecule has 0 aromatic carbocycles. The van der Waals surface area contributed by atoms with Gasteiger partial charge in [-0.05, 0) is 19.8 Å². The molecule has 1 aliphatic heterocycles. The van der Waals surface area contributed by atoms with E-state index in [4.69, 9.17) is 9.52 Å². The van der Waals surface area contributed by atoms with E-state index in [1.165, 1.54) is 23.5 Å². The van der Waals surface area contributed by atoms with Crippen LogP contribution in [0.1, 0.15) is 34.9 Å². The van der Waals surface area contributed by atoms with Crippen molar-refractivity contribution >= 4 is 21.9 Å². The minimum Gasteiger partial charge on any atom is -0.480 e. The van der Waals surface area contributed by atoms with Gasteiger partial charge in [-0.25, -0.2) is 13.1 Å². The summed E-state index contributed by atoms with van der Waals surface area (Å²) in [5.41, 5.74) is 0.359. The molecule has 1 aliphatic rings. The summed E-state index contributed by atoms with van der Waals surface area (Å²) in [6, 6.07) is 1.22. The van der Waals surface area contributed by atoms with E-state index in [9.17, 15) is 18.0 Å². The van der Waals surface area contributed by atoms with Gasteiger partial charge in [-0.1, -0.05) is 5.21 Å². The minimum atomic E-state index is -3.68. The van der Waals surface area contributed by atoms with Crippen molar-refractivity contribution in [1.82, 2.24) is 24.6 Å². The van der Waals surface area contributed by atoms with Gasteiger partial charge >= 0.3 is 5.97 Å². The average Bonchev–Trinajstić information content (AvgIpc) is 3.32. The van der Waals surface area contributed by atoms with Crippen LogP contribution in [0.15, 0.2) is 21.6 Å². The van der Waals surface area contributed by atoms with Crippen LogP contribution < -0.4 is 5.32 Å². The maximum Gasteiger partial charge on any atom is 0.325 e. The first kappa shape index (κ1) is 19.0. The molecule has 0 unspecified atom stereocenters. The third kappa shape index (κ3) is 4.17. The molecule has 0 saturated carbocycles. The molecule has 0 bridgehead atoms. The zero-order valence-corrected chi connectivity index (χ0v) is 15.4. The Hall–Kier alpha value is -2.73. The van der Waals surface area contributed by atoms with Crippen molar-refractivity contribution in [3.63, 3.8) is 0 Å². The van der Waals surface area contributed by atoms with Gasteiger partial charge in [-0.15, -0.1) is 5.10 Å². The number of amides is 1. The minimum absolute atomic E-state index is 0.00753. The third-order valence-corrected chi connectivity index (χ3v) is 6.10. The Kier molecular flexibility index (Phi) is 5.28. The molecule has 0 radical (unpaired) electrons. The fourth-order valence-corrected chi connectivity index (χ4v) is 4.47. The van der Waals surface area contributed by atoms with Gasteiger partial charge in [0.1, 0.15) is 22.9 Å². The van der Waals surface area contributed by atoms with E-state index >= 15 is 0 Å². The zero-order chi connectivity index (χ0) is 19.6. The van der Waals surface area contributed by atoms with Crippen LogP contribution in [0.2, 0.25) is 0 Å². The number of aliphatic carboxylic acids is 1. The predicted molar refractivity (Wildman–Crippen MR) is 90.3 cm³/mol. The third-order valence-electron chi connectivity index (χ3n) is 4.09. The highest BCUT2D eigenvalue weighted by Crippen LogP contribution is 2.26. The fraction of sp³-hybridized carbons (Fsp3) is 0.467. The van der Waals surface area contributed by atoms with Crippen molar-refractivity contribution < 1.29 is 27.5 Å². The molecular weight excluding hydrogens is 378 g/mol. The van der Waals surface area contributed by atoms with Crippen LogP contribution in [0.5, 0.6) is 0 Å². The highest BCUT2D eigenvalue weighted by molar-refractivity contribution is 7.89. The summed E-state index contributed by atoms with van der Waals surface area (Å²) in [6.45, 7) is 2.07. The molecule has 0 atom stereocenters. The van der Waals surface area contributed by atoms with E-state index in [1.807, 2.05) is 0 Å². The molecule has 2 aromatic rings. The van der Waals surface area contributed by atoms with Crippen LogP contribution in [0.25, 0.3) is 0 Å². The van der Waals surface area contributed by atoms with E-state index in [-0.39, 0.29) is 29.5 Å². The van der Waals surface area contributed by atoms with E-state index in [1.54, 1.807) is 0 Å². The number of hydrogen-bond donors (Lipinski definition) is 2. The molecular formula is C15H19N5O6S. The zero-order valence-electron chi connectivity index (χ0n) is 14.6. The van der Waals surface area contributed by atoms with Gasteiger partial charge in [-0.2, -0.15) is 4.31 Å². The monoisotopic (exact) mass is 397 g/mol. The first-order valence-corrected chi connectivity index (χ1v) is 9.71. The molecule has 0 spiro atoms. The number of rotatable bonds is 7. The lowest BCUT2D eigenvalue weighted by atomic mass is 10.4. The Morgan fingerprint density at radius 3 is 2.70 bits per heavy atom. The van der Waals surface area contributed by atoms with Crippen molar-refractivity contribution in [1.29, 1.82) is 0 Å². The molecule has 27 heavy (non-hydrogen) atoms. The van der Waals surface area contributed by atoms with Crippen LogP contribution in [-0.2, 0) is 27.9 Å². The molecule has 1 amide bonds. The van der Waals surface area contributed by atoms with Crippen LogP contribution in [-0.4, -0.2) is 57.8 Å². The second-order valence-electron chi connectivity index (χ2n) is 6.13. The Morgan fingerprint density at radius 2 is 2.04 bits per heavy atom. The smallest absolute Gasteiger partial charge is 0.325 e. The number of furan rings is 1. The number of sulfonamides is 1. The molecule has 3 heterocycles. The van der Waals surface area contributed by atoms with Gasteiger partial charge in [0.15, 0.2) is 5.76 Å². The standard InChI is InChI=1S/C15H19N5O6S/c1-10-13(27(24,25)20-4-2-3-5-20)6-12(26-10)15(23)16-7-11-8-19(18-17-11)9-14(21)22/h6,8H,2-5,7,9H2,1H3,(H,16,23)(H,21,22). The largest absolute Gasteiger partial charge is 0.480 e. The van der Waals surface area contributed by atoms with Crippen molar-refractivity contribution in [3.05, 3.63) is 29.5 Å². The summed E-state index contributed by atoms with van der Waals surface area (Å²) in [5.74, 6) is -1.63. The Labute approximate surface area is 155 Å². The van der Waals surface area contributed by atoms with Crippen LogP contribution >= 0.6 is 0 Å². The molecule has 11 nitrogen and oxygen atoms in total. The number of aryl methyl sites for hydroxylation is 1. The maximum absolute atomic E-state index is 12.6. The highest BCUT2D eigenvalue weighted by atomic mass is 32.2. The van der Waals surface area contributed by atoms with E-state index in [0.29, 0.717) is 18.8 Å². The number of nitrogens with zero attached hydrogens (tertiary/aromatic N) is 4. The molecule has 2 aromatic heterocycles. The number of carboxylic acids is 1. The molecule has 0 aliphatic carbocycles. The van der Waals surface area contributed by atoms with E-state index < -0.39 is 21.9 Å². The second kappa shape index (κ2) is 7.48. The van der Waals surface area contributed by atoms with Gasteiger partial charge in [0.2, 0.25) is 10.0 Å². The molecule has 146 valence electrons. The van der Waals surface area contributed by atoms with Crippen LogP contribution in [0, 0.1) is 6.92 Å². The number of carbonyl (C=O) groups is 2. The average molecular weight is 397 g/mol. The van der Waals surface area contributed by atoms with Crippen molar-refractivity contribution in [2.75, 3.05) is 13.1 Å². The lowest BCUT2D eigenvalue weighted by molar-refractivity contribution is -0.137. The van der Waals surface area contributed by atoms with Crippen LogP contribution in [0.3, 0.4) is 0 Å². The molecule has 1 saturated heterocycles. The summed E-state index contributed by atoms with van der Waals surface area (Å²) in [6.07, 6.45) is 3.02. The lowest BCUT2D eigenvalue weighted by Crippen LogP contribution is -2.28.